The van der Waals surface area contributed by atoms with Crippen molar-refractivity contribution >= 4 is 18.0 Å². The molecule has 0 spiro atoms. The van der Waals surface area contributed by atoms with Gasteiger partial charge < -0.3 is 69.3 Å². The quantitative estimate of drug-likeness (QED) is 0.0830. The molecule has 16 nitrogen and oxygen atoms in total. The molecule has 2 aromatic carbocycles. The number of aromatic hydroxyl groups is 3. The molecule has 0 aromatic heterocycles. The summed E-state index contributed by atoms with van der Waals surface area (Å²) >= 11 is 0. The lowest BCUT2D eigenvalue weighted by Crippen LogP contribution is -2.65. The second kappa shape index (κ2) is 15.7. The van der Waals surface area contributed by atoms with Crippen LogP contribution in [0, 0.1) is 0 Å². The van der Waals surface area contributed by atoms with E-state index in [0.717, 1.165) is 6.08 Å². The molecule has 2 aliphatic rings. The highest BCUT2D eigenvalue weighted by atomic mass is 16.7. The average Bonchev–Trinajstić information content (AvgIpc) is 3.05. The molecule has 4 rings (SSSR count). The standard InChI is InChI=1S/C31H38O16/c1-14-24(38)25(39)26(40)30(43-14)47-29-27(41)31(46-23(37)10-5-15-3-7-17(33)19(35)11-15)44-21(13-32)28(29)45-22(36)9-6-16-4-8-18(34)20(12-16)42-2/h3-4,6-9,11-12,14,21,24-35,38-41H,5,10,13H2,1-2H3. The molecular formula is C31H38O16. The summed E-state index contributed by atoms with van der Waals surface area (Å²) in [6.07, 6.45) is -14.0. The van der Waals surface area contributed by atoms with Gasteiger partial charge in [-0.1, -0.05) is 12.1 Å². The molecule has 2 aliphatic heterocycles. The number of aryl methyl sites for hydroxylation is 1. The van der Waals surface area contributed by atoms with Gasteiger partial charge in [0, 0.05) is 12.5 Å². The molecule has 2 fully saturated rings. The molecule has 10 atom stereocenters. The number of hydrogen-bond donors (Lipinski definition) is 8. The van der Waals surface area contributed by atoms with Gasteiger partial charge in [-0.15, -0.1) is 0 Å². The Hall–Kier alpha value is -4.00. The molecular weight excluding hydrogens is 628 g/mol. The molecule has 2 aromatic rings. The van der Waals surface area contributed by atoms with Gasteiger partial charge in [0.1, 0.15) is 36.6 Å². The van der Waals surface area contributed by atoms with Crippen LogP contribution in [0.1, 0.15) is 24.5 Å². The van der Waals surface area contributed by atoms with Crippen molar-refractivity contribution in [2.24, 2.45) is 0 Å². The maximum atomic E-state index is 12.9. The number of phenolic OH excluding ortho intramolecular Hbond substituents is 3. The van der Waals surface area contributed by atoms with Crippen LogP contribution >= 0.6 is 0 Å². The number of rotatable bonds is 11. The van der Waals surface area contributed by atoms with E-state index < -0.39 is 80.0 Å². The van der Waals surface area contributed by atoms with Crippen LogP contribution in [-0.4, -0.2) is 128 Å². The van der Waals surface area contributed by atoms with Crippen molar-refractivity contribution in [3.05, 3.63) is 53.6 Å². The molecule has 16 heteroatoms. The van der Waals surface area contributed by atoms with Crippen molar-refractivity contribution in [1.29, 1.82) is 0 Å². The summed E-state index contributed by atoms with van der Waals surface area (Å²) in [7, 11) is 1.35. The molecule has 2 saturated heterocycles. The zero-order valence-electron chi connectivity index (χ0n) is 25.4. The molecule has 258 valence electrons. The Morgan fingerprint density at radius 2 is 1.55 bits per heavy atom. The molecule has 2 heterocycles. The zero-order valence-corrected chi connectivity index (χ0v) is 25.4. The van der Waals surface area contributed by atoms with Crippen molar-refractivity contribution in [1.82, 2.24) is 0 Å². The van der Waals surface area contributed by atoms with Crippen molar-refractivity contribution in [3.8, 4) is 23.0 Å². The second-order valence-electron chi connectivity index (χ2n) is 11.0. The normalized spacial score (nSPS) is 31.0. The van der Waals surface area contributed by atoms with Crippen molar-refractivity contribution in [3.63, 3.8) is 0 Å². The second-order valence-corrected chi connectivity index (χ2v) is 11.0. The van der Waals surface area contributed by atoms with E-state index >= 15 is 0 Å². The van der Waals surface area contributed by atoms with Gasteiger partial charge in [0.05, 0.1) is 19.8 Å². The number of ether oxygens (including phenoxy) is 6. The van der Waals surface area contributed by atoms with E-state index in [1.165, 1.54) is 56.5 Å². The Morgan fingerprint density at radius 3 is 2.23 bits per heavy atom. The molecule has 8 N–H and O–H groups in total. The van der Waals surface area contributed by atoms with E-state index in [0.29, 0.717) is 11.1 Å². The van der Waals surface area contributed by atoms with Gasteiger partial charge in [0.15, 0.2) is 35.4 Å². The summed E-state index contributed by atoms with van der Waals surface area (Å²) in [4.78, 5) is 25.6. The number of aliphatic hydroxyl groups is 5. The van der Waals surface area contributed by atoms with Crippen LogP contribution < -0.4 is 4.74 Å². The van der Waals surface area contributed by atoms with E-state index in [2.05, 4.69) is 0 Å². The SMILES string of the molecule is COc1cc(C=CC(=O)OC2C(CO)OC(OC(=O)CCc3ccc(O)c(O)c3)C(O)C2OC2OC(C)C(O)C(O)C2O)ccc1O. The Balaban J connectivity index is 1.53. The minimum Gasteiger partial charge on any atom is -0.504 e. The predicted octanol–water partition coefficient (Wildman–Crippen LogP) is -0.796. The predicted molar refractivity (Wildman–Crippen MR) is 157 cm³/mol. The zero-order chi connectivity index (χ0) is 34.4. The summed E-state index contributed by atoms with van der Waals surface area (Å²) in [5, 5.41) is 81.3. The summed E-state index contributed by atoms with van der Waals surface area (Å²) in [6, 6.07) is 8.26. The monoisotopic (exact) mass is 666 g/mol. The lowest BCUT2D eigenvalue weighted by atomic mass is 9.97. The molecule has 0 bridgehead atoms. The highest BCUT2D eigenvalue weighted by Gasteiger charge is 2.53. The average molecular weight is 667 g/mol. The Kier molecular flexibility index (Phi) is 12.0. The lowest BCUT2D eigenvalue weighted by Gasteiger charge is -2.46. The first-order chi connectivity index (χ1) is 22.3. The fraction of sp³-hybridized carbons (Fsp3) is 0.484. The van der Waals surface area contributed by atoms with Crippen LogP contribution in [0.4, 0.5) is 0 Å². The largest absolute Gasteiger partial charge is 0.504 e. The number of aliphatic hydroxyl groups excluding tert-OH is 5. The van der Waals surface area contributed by atoms with Crippen LogP contribution in [-0.2, 0) is 39.7 Å². The minimum atomic E-state index is -1.90. The van der Waals surface area contributed by atoms with Crippen LogP contribution in [0.15, 0.2) is 42.5 Å². The van der Waals surface area contributed by atoms with Gasteiger partial charge in [0.25, 0.3) is 0 Å². The van der Waals surface area contributed by atoms with Gasteiger partial charge in [-0.2, -0.15) is 0 Å². The van der Waals surface area contributed by atoms with E-state index in [4.69, 9.17) is 28.4 Å². The molecule has 47 heavy (non-hydrogen) atoms. The maximum Gasteiger partial charge on any atom is 0.331 e. The third-order valence-electron chi connectivity index (χ3n) is 7.67. The van der Waals surface area contributed by atoms with E-state index in [9.17, 15) is 50.4 Å². The number of esters is 2. The Labute approximate surface area is 268 Å². The number of methoxy groups -OCH3 is 1. The summed E-state index contributed by atoms with van der Waals surface area (Å²) in [5.74, 6) is -2.57. The van der Waals surface area contributed by atoms with E-state index in [-0.39, 0.29) is 35.8 Å². The van der Waals surface area contributed by atoms with Gasteiger partial charge in [0.2, 0.25) is 6.29 Å². The van der Waals surface area contributed by atoms with E-state index in [1.807, 2.05) is 0 Å². The number of carbonyl (C=O) groups is 2. The van der Waals surface area contributed by atoms with Gasteiger partial charge in [-0.05, 0) is 54.8 Å². The number of benzene rings is 2. The third kappa shape index (κ3) is 8.68. The van der Waals surface area contributed by atoms with Gasteiger partial charge in [-0.3, -0.25) is 4.79 Å². The van der Waals surface area contributed by atoms with Crippen LogP contribution in [0.3, 0.4) is 0 Å². The first-order valence-corrected chi connectivity index (χ1v) is 14.6. The topological polar surface area (TPSA) is 251 Å². The molecule has 0 aliphatic carbocycles. The Morgan fingerprint density at radius 1 is 0.830 bits per heavy atom. The third-order valence-corrected chi connectivity index (χ3v) is 7.67. The number of hydrogen-bond acceptors (Lipinski definition) is 16. The van der Waals surface area contributed by atoms with Gasteiger partial charge >= 0.3 is 11.9 Å². The lowest BCUT2D eigenvalue weighted by molar-refractivity contribution is -0.353. The molecule has 10 unspecified atom stereocenters. The number of carbonyl (C=O) groups excluding carboxylic acids is 2. The fourth-order valence-electron chi connectivity index (χ4n) is 5.01. The highest BCUT2D eigenvalue weighted by molar-refractivity contribution is 5.87. The van der Waals surface area contributed by atoms with Crippen molar-refractivity contribution < 1.29 is 78.9 Å². The van der Waals surface area contributed by atoms with Gasteiger partial charge in [-0.25, -0.2) is 4.79 Å². The van der Waals surface area contributed by atoms with Crippen LogP contribution in [0.5, 0.6) is 23.0 Å². The van der Waals surface area contributed by atoms with Crippen LogP contribution in [0.2, 0.25) is 0 Å². The van der Waals surface area contributed by atoms with Crippen molar-refractivity contribution in [2.75, 3.05) is 13.7 Å². The fourth-order valence-corrected chi connectivity index (χ4v) is 5.01. The Bertz CT molecular complexity index is 1410. The van der Waals surface area contributed by atoms with E-state index in [1.54, 1.807) is 0 Å². The molecule has 0 saturated carbocycles. The molecule has 0 amide bonds. The smallest absolute Gasteiger partial charge is 0.331 e. The van der Waals surface area contributed by atoms with Crippen LogP contribution in [0.25, 0.3) is 6.08 Å². The minimum absolute atomic E-state index is 0.0680. The summed E-state index contributed by atoms with van der Waals surface area (Å²) in [5.41, 5.74) is 0.929. The molecule has 0 radical (unpaired) electrons. The summed E-state index contributed by atoms with van der Waals surface area (Å²) in [6.45, 7) is 0.572. The number of phenols is 3. The highest BCUT2D eigenvalue weighted by Crippen LogP contribution is 2.32. The summed E-state index contributed by atoms with van der Waals surface area (Å²) < 4.78 is 32.7. The first-order valence-electron chi connectivity index (χ1n) is 14.6. The maximum absolute atomic E-state index is 12.9. The van der Waals surface area contributed by atoms with Crippen molar-refractivity contribution in [2.45, 2.75) is 81.2 Å². The first kappa shape index (κ1) is 35.8.